The van der Waals surface area contributed by atoms with Crippen molar-refractivity contribution in [1.29, 1.82) is 0 Å². The van der Waals surface area contributed by atoms with Crippen molar-refractivity contribution >= 4 is 0 Å². The Kier molecular flexibility index (Phi) is 2.07. The summed E-state index contributed by atoms with van der Waals surface area (Å²) in [6.07, 6.45) is 4.19. The second kappa shape index (κ2) is 2.50. The van der Waals surface area contributed by atoms with Gasteiger partial charge in [0.15, 0.2) is 0 Å². The normalized spacial score (nSPS) is 42.8. The van der Waals surface area contributed by atoms with Crippen LogP contribution in [0.2, 0.25) is 0 Å². The van der Waals surface area contributed by atoms with Crippen LogP contribution in [0.4, 0.5) is 0 Å². The molecule has 0 bridgehead atoms. The Morgan fingerprint density at radius 1 is 1.27 bits per heavy atom. The van der Waals surface area contributed by atoms with E-state index in [1.165, 1.54) is 19.3 Å². The minimum Gasteiger partial charge on any atom is -0.0648 e. The third-order valence-corrected chi connectivity index (χ3v) is 4.70. The molecular weight excluding hydrogens is 132 g/mol. The van der Waals surface area contributed by atoms with Gasteiger partial charge in [0.1, 0.15) is 0 Å². The molecule has 0 radical (unpaired) electrons. The van der Waals surface area contributed by atoms with Crippen molar-refractivity contribution in [3.8, 4) is 0 Å². The molecule has 1 fully saturated rings. The minimum absolute atomic E-state index is 0.557. The van der Waals surface area contributed by atoms with Crippen molar-refractivity contribution in [2.24, 2.45) is 16.7 Å². The molecule has 1 aliphatic carbocycles. The van der Waals surface area contributed by atoms with Gasteiger partial charge in [-0.2, -0.15) is 0 Å². The molecule has 0 aliphatic heterocycles. The number of hydrogen-bond donors (Lipinski definition) is 0. The number of rotatable bonds is 1. The number of hydrogen-bond acceptors (Lipinski definition) is 0. The fraction of sp³-hybridized carbons (Fsp3) is 1.00. The van der Waals surface area contributed by atoms with Gasteiger partial charge in [-0.1, -0.05) is 41.0 Å². The largest absolute Gasteiger partial charge is 0.0648 e. The summed E-state index contributed by atoms with van der Waals surface area (Å²) in [6.45, 7) is 12.1. The highest BCUT2D eigenvalue weighted by Gasteiger charge is 2.47. The molecule has 1 rings (SSSR count). The molecule has 0 nitrogen and oxygen atoms in total. The average molecular weight is 154 g/mol. The Labute approximate surface area is 71.4 Å². The van der Waals surface area contributed by atoms with Crippen molar-refractivity contribution in [2.45, 2.75) is 53.9 Å². The van der Waals surface area contributed by atoms with Gasteiger partial charge < -0.3 is 0 Å². The standard InChI is InChI=1S/C11H22/c1-6-11(5)8-7-9(2)10(11,3)4/h9H,6-8H2,1-5H3/t9?,11-/m1/s1. The Morgan fingerprint density at radius 2 is 1.82 bits per heavy atom. The van der Waals surface area contributed by atoms with Crippen LogP contribution in [-0.4, -0.2) is 0 Å². The molecule has 0 aromatic rings. The summed E-state index contributed by atoms with van der Waals surface area (Å²) >= 11 is 0. The topological polar surface area (TPSA) is 0 Å². The molecule has 1 saturated carbocycles. The van der Waals surface area contributed by atoms with E-state index in [0.29, 0.717) is 10.8 Å². The predicted molar refractivity (Wildman–Crippen MR) is 50.6 cm³/mol. The molecule has 2 atom stereocenters. The summed E-state index contributed by atoms with van der Waals surface area (Å²) in [4.78, 5) is 0. The monoisotopic (exact) mass is 154 g/mol. The van der Waals surface area contributed by atoms with Gasteiger partial charge in [-0.25, -0.2) is 0 Å². The first kappa shape index (κ1) is 9.09. The van der Waals surface area contributed by atoms with E-state index in [1.54, 1.807) is 0 Å². The van der Waals surface area contributed by atoms with Gasteiger partial charge in [0.25, 0.3) is 0 Å². The molecule has 66 valence electrons. The predicted octanol–water partition coefficient (Wildman–Crippen LogP) is 3.86. The van der Waals surface area contributed by atoms with Crippen LogP contribution in [0.5, 0.6) is 0 Å². The highest BCUT2D eigenvalue weighted by molar-refractivity contribution is 4.97. The van der Waals surface area contributed by atoms with Crippen LogP contribution < -0.4 is 0 Å². The Bertz CT molecular complexity index is 143. The zero-order valence-corrected chi connectivity index (χ0v) is 8.70. The van der Waals surface area contributed by atoms with Crippen molar-refractivity contribution in [3.63, 3.8) is 0 Å². The minimum atomic E-state index is 0.557. The summed E-state index contributed by atoms with van der Waals surface area (Å²) in [7, 11) is 0. The molecule has 0 aromatic heterocycles. The van der Waals surface area contributed by atoms with Crippen molar-refractivity contribution in [3.05, 3.63) is 0 Å². The van der Waals surface area contributed by atoms with E-state index < -0.39 is 0 Å². The molecule has 0 spiro atoms. The lowest BCUT2D eigenvalue weighted by Crippen LogP contribution is -2.32. The maximum absolute atomic E-state index is 2.45. The maximum Gasteiger partial charge on any atom is -0.0275 e. The van der Waals surface area contributed by atoms with E-state index in [0.717, 1.165) is 5.92 Å². The van der Waals surface area contributed by atoms with Crippen molar-refractivity contribution < 1.29 is 0 Å². The van der Waals surface area contributed by atoms with Gasteiger partial charge in [0.05, 0.1) is 0 Å². The quantitative estimate of drug-likeness (QED) is 0.538. The first-order valence-electron chi connectivity index (χ1n) is 4.94. The van der Waals surface area contributed by atoms with Crippen LogP contribution in [0, 0.1) is 16.7 Å². The van der Waals surface area contributed by atoms with Crippen LogP contribution >= 0.6 is 0 Å². The molecule has 0 heteroatoms. The summed E-state index contributed by atoms with van der Waals surface area (Å²) in [6, 6.07) is 0. The smallest absolute Gasteiger partial charge is 0.0275 e. The summed E-state index contributed by atoms with van der Waals surface area (Å²) in [5.74, 6) is 0.910. The van der Waals surface area contributed by atoms with Gasteiger partial charge in [-0.15, -0.1) is 0 Å². The zero-order valence-electron chi connectivity index (χ0n) is 8.70. The molecule has 0 N–H and O–H groups in total. The Hall–Kier alpha value is 0. The Balaban J connectivity index is 2.86. The lowest BCUT2D eigenvalue weighted by Gasteiger charge is -2.40. The van der Waals surface area contributed by atoms with E-state index in [4.69, 9.17) is 0 Å². The van der Waals surface area contributed by atoms with Gasteiger partial charge in [0.2, 0.25) is 0 Å². The average Bonchev–Trinajstić information content (AvgIpc) is 2.15. The molecular formula is C11H22. The lowest BCUT2D eigenvalue weighted by atomic mass is 9.65. The van der Waals surface area contributed by atoms with Gasteiger partial charge >= 0.3 is 0 Å². The van der Waals surface area contributed by atoms with Crippen LogP contribution in [0.25, 0.3) is 0 Å². The molecule has 11 heavy (non-hydrogen) atoms. The first-order chi connectivity index (χ1) is 4.94. The van der Waals surface area contributed by atoms with E-state index >= 15 is 0 Å². The molecule has 0 saturated heterocycles. The third kappa shape index (κ3) is 1.11. The van der Waals surface area contributed by atoms with Crippen LogP contribution in [0.15, 0.2) is 0 Å². The van der Waals surface area contributed by atoms with Crippen LogP contribution in [-0.2, 0) is 0 Å². The zero-order chi connectivity index (χ0) is 8.70. The SMILES string of the molecule is CC[C@]1(C)CCC(C)C1(C)C. The maximum atomic E-state index is 2.45. The summed E-state index contributed by atoms with van der Waals surface area (Å²) < 4.78 is 0. The summed E-state index contributed by atoms with van der Waals surface area (Å²) in [5, 5.41) is 0. The van der Waals surface area contributed by atoms with Gasteiger partial charge in [0, 0.05) is 0 Å². The van der Waals surface area contributed by atoms with Crippen LogP contribution in [0.1, 0.15) is 53.9 Å². The molecule has 0 heterocycles. The van der Waals surface area contributed by atoms with Crippen LogP contribution in [0.3, 0.4) is 0 Å². The highest BCUT2D eigenvalue weighted by Crippen LogP contribution is 2.57. The lowest BCUT2D eigenvalue weighted by molar-refractivity contribution is 0.0914. The van der Waals surface area contributed by atoms with E-state index in [9.17, 15) is 0 Å². The van der Waals surface area contributed by atoms with E-state index in [2.05, 4.69) is 34.6 Å². The second-order valence-corrected chi connectivity index (χ2v) is 5.08. The molecule has 0 amide bonds. The second-order valence-electron chi connectivity index (χ2n) is 5.08. The highest BCUT2D eigenvalue weighted by atomic mass is 14.5. The molecule has 1 unspecified atom stereocenters. The van der Waals surface area contributed by atoms with E-state index in [1.807, 2.05) is 0 Å². The fourth-order valence-corrected chi connectivity index (χ4v) is 2.45. The van der Waals surface area contributed by atoms with Crippen molar-refractivity contribution in [1.82, 2.24) is 0 Å². The van der Waals surface area contributed by atoms with Crippen molar-refractivity contribution in [2.75, 3.05) is 0 Å². The fourth-order valence-electron chi connectivity index (χ4n) is 2.45. The molecule has 0 aromatic carbocycles. The Morgan fingerprint density at radius 3 is 2.00 bits per heavy atom. The van der Waals surface area contributed by atoms with E-state index in [-0.39, 0.29) is 0 Å². The van der Waals surface area contributed by atoms with Gasteiger partial charge in [-0.3, -0.25) is 0 Å². The molecule has 1 aliphatic rings. The van der Waals surface area contributed by atoms with Gasteiger partial charge in [-0.05, 0) is 29.6 Å². The first-order valence-corrected chi connectivity index (χ1v) is 4.94. The summed E-state index contributed by atoms with van der Waals surface area (Å²) in [5.41, 5.74) is 1.16. The third-order valence-electron chi connectivity index (χ3n) is 4.70.